The lowest BCUT2D eigenvalue weighted by Gasteiger charge is -2.34. The van der Waals surface area contributed by atoms with Crippen LogP contribution in [0.25, 0.3) is 10.8 Å². The number of phenolic OH excluding ortho intramolecular Hbond substituents is 1. The van der Waals surface area contributed by atoms with E-state index >= 15 is 0 Å². The number of aryl methyl sites for hydroxylation is 1. The summed E-state index contributed by atoms with van der Waals surface area (Å²) in [6.07, 6.45) is -6.02. The van der Waals surface area contributed by atoms with Crippen LogP contribution in [0.1, 0.15) is 93.6 Å². The van der Waals surface area contributed by atoms with Crippen LogP contribution in [0.4, 0.5) is 0 Å². The number of aliphatic hydroxyl groups excluding tert-OH is 8. The van der Waals surface area contributed by atoms with Crippen molar-refractivity contribution in [3.8, 4) is 11.5 Å². The number of hydrogen-bond acceptors (Lipinski definition) is 22. The first-order valence-corrected chi connectivity index (χ1v) is 29.1. The molecule has 3 aliphatic heterocycles. The molecule has 3 saturated heterocycles. The molecule has 3 aliphatic rings. The minimum atomic E-state index is -2.14. The molecule has 3 fully saturated rings. The van der Waals surface area contributed by atoms with Crippen LogP contribution < -0.4 is 36.1 Å². The van der Waals surface area contributed by atoms with E-state index in [4.69, 9.17) is 9.44 Å². The van der Waals surface area contributed by atoms with Gasteiger partial charge in [0.05, 0.1) is 55.9 Å². The summed E-state index contributed by atoms with van der Waals surface area (Å²) in [5, 5.41) is 127. The SMILES string of the molecule is CCCCCCCc1ccc2cc(C(=O)NC3C[C@@H](O)CNC(=O)[C@@H]4[C@@H](O)[C@@H](C)CN4C(=O)[C@H]([C@H](O)CCNC(CO)CO)NC(=O)[C@H]([C@H](O)Cc4ccc(O)c(OSOOO)c4)NC(=O)[C@@H]4C[C@@H](O)CN4C(=O)[C@H]([C@@H](C)O)NC3=O)ccc2c1. The van der Waals surface area contributed by atoms with Gasteiger partial charge in [-0.3, -0.25) is 33.6 Å². The maximum atomic E-state index is 14.9. The number of β-amino-alcohol motifs (C(OH)–C–C–N with tert-alkyl or cyclic N) is 1. The number of fused-ring (bicyclic) bond motifs is 3. The number of unbranched alkanes of at least 4 members (excludes halogenated alkanes) is 4. The molecule has 16 N–H and O–H groups in total. The Hall–Kier alpha value is -6.32. The number of aromatic hydroxyl groups is 1. The summed E-state index contributed by atoms with van der Waals surface area (Å²) in [5.41, 5.74) is 1.34. The zero-order chi connectivity index (χ0) is 62.1. The van der Waals surface area contributed by atoms with Gasteiger partial charge in [-0.1, -0.05) is 79.2 Å². The smallest absolute Gasteiger partial charge is 0.261 e. The monoisotopic (exact) mass is 1220 g/mol. The van der Waals surface area contributed by atoms with Gasteiger partial charge in [-0.2, -0.15) is 0 Å². The van der Waals surface area contributed by atoms with Gasteiger partial charge >= 0.3 is 0 Å². The predicted molar refractivity (Wildman–Crippen MR) is 303 cm³/mol. The predicted octanol–water partition coefficient (Wildman–Crippen LogP) is -2.30. The Bertz CT molecular complexity index is 2760. The summed E-state index contributed by atoms with van der Waals surface area (Å²) in [6, 6.07) is 2.18. The topological polar surface area (TPSA) is 428 Å². The minimum absolute atomic E-state index is 0.0721. The third-order valence-electron chi connectivity index (χ3n) is 15.4. The number of aliphatic hydroxyl groups is 8. The Morgan fingerprint density at radius 2 is 1.42 bits per heavy atom. The lowest BCUT2D eigenvalue weighted by atomic mass is 9.98. The Kier molecular flexibility index (Phi) is 25.9. The first kappa shape index (κ1) is 67.8. The Balaban J connectivity index is 1.38. The van der Waals surface area contributed by atoms with Gasteiger partial charge in [-0.15, -0.1) is 0 Å². The van der Waals surface area contributed by atoms with E-state index in [0.717, 1.165) is 65.8 Å². The van der Waals surface area contributed by atoms with Gasteiger partial charge in [-0.05, 0) is 78.9 Å². The van der Waals surface area contributed by atoms with Gasteiger partial charge in [0.2, 0.25) is 35.4 Å². The first-order chi connectivity index (χ1) is 40.6. The number of nitrogens with one attached hydrogen (secondary N) is 6. The zero-order valence-corrected chi connectivity index (χ0v) is 48.3. The molecule has 6 rings (SSSR count). The molecule has 3 heterocycles. The molecule has 0 spiro atoms. The lowest BCUT2D eigenvalue weighted by molar-refractivity contribution is -0.433. The van der Waals surface area contributed by atoms with Crippen molar-refractivity contribution in [1.82, 2.24) is 41.7 Å². The lowest BCUT2D eigenvalue weighted by Crippen LogP contribution is -2.64. The normalized spacial score (nSPS) is 25.9. The average molecular weight is 1220 g/mol. The van der Waals surface area contributed by atoms with E-state index < -0.39 is 184 Å². The van der Waals surface area contributed by atoms with Gasteiger partial charge in [-0.25, -0.2) is 5.26 Å². The quantitative estimate of drug-likeness (QED) is 0.0205. The first-order valence-electron chi connectivity index (χ1n) is 28.4. The molecule has 3 aromatic carbocycles. The van der Waals surface area contributed by atoms with Gasteiger partial charge in [0, 0.05) is 50.4 Å². The molecule has 0 aliphatic carbocycles. The fourth-order valence-corrected chi connectivity index (χ4v) is 10.9. The van der Waals surface area contributed by atoms with Crippen molar-refractivity contribution in [1.29, 1.82) is 0 Å². The van der Waals surface area contributed by atoms with Crippen molar-refractivity contribution < 1.29 is 98.3 Å². The van der Waals surface area contributed by atoms with Crippen LogP contribution in [0.5, 0.6) is 11.5 Å². The molecule has 0 radical (unpaired) electrons. The van der Waals surface area contributed by atoms with Gasteiger partial charge < -0.3 is 91.8 Å². The molecule has 7 amide bonds. The van der Waals surface area contributed by atoms with Crippen LogP contribution in [0.3, 0.4) is 0 Å². The van der Waals surface area contributed by atoms with Crippen LogP contribution in [0.15, 0.2) is 54.6 Å². The number of amides is 7. The second-order valence-electron chi connectivity index (χ2n) is 22.0. The fraction of sp³-hybridized carbons (Fsp3) is 0.589. The van der Waals surface area contributed by atoms with E-state index in [2.05, 4.69) is 48.2 Å². The molecule has 1 unspecified atom stereocenters. The second kappa shape index (κ2) is 32.4. The highest BCUT2D eigenvalue weighted by atomic mass is 32.2. The van der Waals surface area contributed by atoms with Crippen LogP contribution >= 0.6 is 12.3 Å². The number of nitrogens with zero attached hydrogens (tertiary/aromatic N) is 2. The third-order valence-corrected chi connectivity index (χ3v) is 15.8. The fourth-order valence-electron chi connectivity index (χ4n) is 10.6. The molecule has 3 aromatic rings. The molecular formula is C56H80N8O20S. The van der Waals surface area contributed by atoms with Crippen molar-refractivity contribution in [3.63, 3.8) is 0 Å². The average Bonchev–Trinajstić information content (AvgIpc) is 2.86. The molecule has 470 valence electrons. The highest BCUT2D eigenvalue weighted by molar-refractivity contribution is 7.90. The van der Waals surface area contributed by atoms with E-state index in [1.54, 1.807) is 18.2 Å². The summed E-state index contributed by atoms with van der Waals surface area (Å²) < 4.78 is 9.35. The Labute approximate surface area is 494 Å². The number of rotatable bonds is 23. The number of hydrogen-bond donors (Lipinski definition) is 16. The summed E-state index contributed by atoms with van der Waals surface area (Å²) >= 11 is 0.0721. The summed E-state index contributed by atoms with van der Waals surface area (Å²) in [5.74, 6) is -9.40. The van der Waals surface area contributed by atoms with Crippen molar-refractivity contribution in [2.45, 2.75) is 164 Å². The van der Waals surface area contributed by atoms with E-state index in [9.17, 15) is 79.5 Å². The van der Waals surface area contributed by atoms with Crippen molar-refractivity contribution >= 4 is 64.4 Å². The third kappa shape index (κ3) is 18.4. The highest BCUT2D eigenvalue weighted by Crippen LogP contribution is 2.32. The molecular weight excluding hydrogens is 1140 g/mol. The summed E-state index contributed by atoms with van der Waals surface area (Å²) in [6.45, 7) is 1.94. The molecule has 85 heavy (non-hydrogen) atoms. The van der Waals surface area contributed by atoms with Crippen LogP contribution in [0.2, 0.25) is 0 Å². The largest absolute Gasteiger partial charge is 0.504 e. The van der Waals surface area contributed by atoms with Crippen LogP contribution in [-0.4, -0.2) is 221 Å². The molecule has 29 heteroatoms. The van der Waals surface area contributed by atoms with Crippen molar-refractivity contribution in [2.75, 3.05) is 39.4 Å². The summed E-state index contributed by atoms with van der Waals surface area (Å²) in [7, 11) is 0. The zero-order valence-electron chi connectivity index (χ0n) is 47.5. The van der Waals surface area contributed by atoms with Crippen molar-refractivity contribution in [2.24, 2.45) is 5.92 Å². The molecule has 0 saturated carbocycles. The van der Waals surface area contributed by atoms with Gasteiger partial charge in [0.15, 0.2) is 11.5 Å². The standard InChI is InChI=1S/C56H80N8O20S/c1-4-5-6-7-8-9-31-10-12-34-21-35(14-13-33(34)18-31)50(74)59-39-22-37(68)24-58-54(78)48-49(73)29(2)25-64(48)56(80)47(42(71)16-17-57-36(27-65)28-66)62-53(77)46(43(72)19-32-11-15-41(70)44(20-32)82-85-84-83-81)61-52(76)40-23-38(69)26-63(40)55(79)45(30(3)67)60-51(39)75/h10-15,18,20-21,29-30,36-40,42-43,45-49,57,65-73,81H,4-9,16-17,19,22-28H2,1-3H3,(H,58,78)(H,59,74)(H,60,75)(H,61,76)(H,62,77)/t29-,30+,37+,38+,39?,40-,42+,43+,45-,46-,47-,48-,49-/m0/s1. The van der Waals surface area contributed by atoms with Gasteiger partial charge in [0.25, 0.3) is 18.2 Å². The molecule has 0 aromatic heterocycles. The van der Waals surface area contributed by atoms with Crippen molar-refractivity contribution in [3.05, 3.63) is 71.3 Å². The van der Waals surface area contributed by atoms with E-state index in [-0.39, 0.29) is 42.3 Å². The second-order valence-corrected chi connectivity index (χ2v) is 22.4. The highest BCUT2D eigenvalue weighted by Gasteiger charge is 2.50. The number of carbonyl (C=O) groups excluding carboxylic acids is 7. The maximum Gasteiger partial charge on any atom is 0.261 e. The Morgan fingerprint density at radius 1 is 0.753 bits per heavy atom. The van der Waals surface area contributed by atoms with E-state index in [1.807, 2.05) is 18.2 Å². The van der Waals surface area contributed by atoms with Crippen LogP contribution in [-0.2, 0) is 51.0 Å². The minimum Gasteiger partial charge on any atom is -0.504 e. The van der Waals surface area contributed by atoms with Crippen LogP contribution in [0, 0.1) is 5.92 Å². The van der Waals surface area contributed by atoms with Gasteiger partial charge in [0.1, 0.15) is 36.3 Å². The molecule has 13 atom stereocenters. The Morgan fingerprint density at radius 3 is 2.13 bits per heavy atom. The maximum absolute atomic E-state index is 14.9. The summed E-state index contributed by atoms with van der Waals surface area (Å²) in [4.78, 5) is 104. The number of carbonyl (C=O) groups is 7. The van der Waals surface area contributed by atoms with E-state index in [1.165, 1.54) is 25.5 Å². The molecule has 28 nitrogen and oxygen atoms in total. The number of phenols is 1. The molecule has 0 bridgehead atoms. The number of benzene rings is 3. The van der Waals surface area contributed by atoms with E-state index in [0.29, 0.717) is 5.39 Å².